The third kappa shape index (κ3) is 3.37. The Morgan fingerprint density at radius 1 is 1.08 bits per heavy atom. The predicted molar refractivity (Wildman–Crippen MR) is 86.2 cm³/mol. The maximum absolute atomic E-state index is 13.5. The summed E-state index contributed by atoms with van der Waals surface area (Å²) >= 11 is 0. The maximum Gasteiger partial charge on any atom is 0.425 e. The van der Waals surface area contributed by atoms with Crippen molar-refractivity contribution in [2.24, 2.45) is 0 Å². The highest BCUT2D eigenvalue weighted by molar-refractivity contribution is 5.54. The van der Waals surface area contributed by atoms with Crippen molar-refractivity contribution >= 4 is 0 Å². The number of aryl methyl sites for hydroxylation is 2. The molecule has 0 amide bonds. The Morgan fingerprint density at radius 2 is 1.77 bits per heavy atom. The van der Waals surface area contributed by atoms with Crippen molar-refractivity contribution in [2.75, 3.05) is 0 Å². The van der Waals surface area contributed by atoms with E-state index in [0.29, 0.717) is 5.56 Å². The summed E-state index contributed by atoms with van der Waals surface area (Å²) in [6, 6.07) is 9.72. The minimum atomic E-state index is -4.98. The fourth-order valence-electron chi connectivity index (χ4n) is 2.54. The maximum atomic E-state index is 13.5. The summed E-state index contributed by atoms with van der Waals surface area (Å²) in [6.07, 6.45) is -5.06. The van der Waals surface area contributed by atoms with Crippen LogP contribution in [-0.2, 0) is 18.4 Å². The molecule has 0 saturated heterocycles. The van der Waals surface area contributed by atoms with Crippen LogP contribution < -0.4 is 0 Å². The average Bonchev–Trinajstić information content (AvgIpc) is 3.23. The SMILES string of the molecule is CCc1ccc(-c2noc(CC(O)(c3ccc(C)o3)C(F)(F)F)n2)cc1. The molecule has 8 heteroatoms. The summed E-state index contributed by atoms with van der Waals surface area (Å²) in [6.45, 7) is 3.50. The van der Waals surface area contributed by atoms with Gasteiger partial charge in [-0.3, -0.25) is 0 Å². The number of hydrogen-bond donors (Lipinski definition) is 1. The lowest BCUT2D eigenvalue weighted by molar-refractivity contribution is -0.273. The smallest absolute Gasteiger partial charge is 0.425 e. The first-order valence-electron chi connectivity index (χ1n) is 8.01. The van der Waals surface area contributed by atoms with Gasteiger partial charge in [-0.05, 0) is 31.0 Å². The summed E-state index contributed by atoms with van der Waals surface area (Å²) in [4.78, 5) is 3.99. The van der Waals surface area contributed by atoms with Gasteiger partial charge in [-0.15, -0.1) is 0 Å². The van der Waals surface area contributed by atoms with Crippen molar-refractivity contribution in [2.45, 2.75) is 38.5 Å². The van der Waals surface area contributed by atoms with E-state index in [1.807, 2.05) is 19.1 Å². The van der Waals surface area contributed by atoms with Crippen molar-refractivity contribution in [3.05, 3.63) is 59.4 Å². The van der Waals surface area contributed by atoms with E-state index in [-0.39, 0.29) is 17.5 Å². The second kappa shape index (κ2) is 6.60. The summed E-state index contributed by atoms with van der Waals surface area (Å²) in [5, 5.41) is 14.0. The first kappa shape index (κ1) is 18.2. The van der Waals surface area contributed by atoms with Crippen LogP contribution in [0.4, 0.5) is 13.2 Å². The standard InChI is InChI=1S/C18H17F3N2O3/c1-3-12-5-7-13(8-6-12)16-22-15(26-23-16)10-17(24,18(19,20)21)14-9-4-11(2)25-14/h4-9,24H,3,10H2,1-2H3. The molecule has 0 spiro atoms. The van der Waals surface area contributed by atoms with Gasteiger partial charge in [-0.2, -0.15) is 18.2 Å². The number of furan rings is 1. The molecule has 0 fully saturated rings. The van der Waals surface area contributed by atoms with E-state index in [1.54, 1.807) is 12.1 Å². The fourth-order valence-corrected chi connectivity index (χ4v) is 2.54. The monoisotopic (exact) mass is 366 g/mol. The number of halogens is 3. The summed E-state index contributed by atoms with van der Waals surface area (Å²) in [5.74, 6) is -0.546. The molecule has 2 aromatic heterocycles. The number of aliphatic hydroxyl groups is 1. The third-order valence-corrected chi connectivity index (χ3v) is 4.11. The molecule has 0 aliphatic carbocycles. The van der Waals surface area contributed by atoms with Gasteiger partial charge in [0.1, 0.15) is 11.5 Å². The lowest BCUT2D eigenvalue weighted by Gasteiger charge is -2.27. The van der Waals surface area contributed by atoms with Crippen molar-refractivity contribution in [1.82, 2.24) is 10.1 Å². The number of rotatable bonds is 5. The minimum absolute atomic E-state index is 0.155. The van der Waals surface area contributed by atoms with Crippen molar-refractivity contribution in [3.63, 3.8) is 0 Å². The minimum Gasteiger partial charge on any atom is -0.463 e. The lowest BCUT2D eigenvalue weighted by Crippen LogP contribution is -2.44. The van der Waals surface area contributed by atoms with Gasteiger partial charge >= 0.3 is 6.18 Å². The Morgan fingerprint density at radius 3 is 2.31 bits per heavy atom. The quantitative estimate of drug-likeness (QED) is 0.733. The Kier molecular flexibility index (Phi) is 4.62. The molecule has 1 unspecified atom stereocenters. The molecular formula is C18H17F3N2O3. The third-order valence-electron chi connectivity index (χ3n) is 4.11. The molecule has 5 nitrogen and oxygen atoms in total. The van der Waals surface area contributed by atoms with Gasteiger partial charge in [-0.1, -0.05) is 36.3 Å². The van der Waals surface area contributed by atoms with Gasteiger partial charge < -0.3 is 14.0 Å². The molecular weight excluding hydrogens is 349 g/mol. The fraction of sp³-hybridized carbons (Fsp3) is 0.333. The molecule has 1 N–H and O–H groups in total. The van der Waals surface area contributed by atoms with Crippen molar-refractivity contribution in [3.8, 4) is 11.4 Å². The molecule has 1 aromatic carbocycles. The van der Waals surface area contributed by atoms with E-state index in [9.17, 15) is 18.3 Å². The topological polar surface area (TPSA) is 72.3 Å². The van der Waals surface area contributed by atoms with E-state index >= 15 is 0 Å². The molecule has 3 rings (SSSR count). The van der Waals surface area contributed by atoms with Gasteiger partial charge in [0.15, 0.2) is 0 Å². The van der Waals surface area contributed by atoms with Crippen LogP contribution in [0.25, 0.3) is 11.4 Å². The molecule has 0 saturated carbocycles. The second-order valence-corrected chi connectivity index (χ2v) is 6.01. The number of benzene rings is 1. The van der Waals surface area contributed by atoms with Crippen LogP contribution in [0, 0.1) is 6.92 Å². The highest BCUT2D eigenvalue weighted by Crippen LogP contribution is 2.42. The molecule has 138 valence electrons. The van der Waals surface area contributed by atoms with Crippen molar-refractivity contribution in [1.29, 1.82) is 0 Å². The molecule has 0 aliphatic heterocycles. The Bertz CT molecular complexity index is 884. The second-order valence-electron chi connectivity index (χ2n) is 6.01. The molecule has 0 aliphatic rings. The number of aromatic nitrogens is 2. The zero-order valence-corrected chi connectivity index (χ0v) is 14.2. The zero-order chi connectivity index (χ0) is 18.9. The zero-order valence-electron chi connectivity index (χ0n) is 14.2. The van der Waals surface area contributed by atoms with Crippen LogP contribution in [0.1, 0.15) is 29.9 Å². The van der Waals surface area contributed by atoms with E-state index in [0.717, 1.165) is 18.1 Å². The van der Waals surface area contributed by atoms with E-state index in [2.05, 4.69) is 10.1 Å². The van der Waals surface area contributed by atoms with Crippen molar-refractivity contribution < 1.29 is 27.2 Å². The summed E-state index contributed by atoms with van der Waals surface area (Å²) < 4.78 is 50.4. The van der Waals surface area contributed by atoms with Gasteiger partial charge in [-0.25, -0.2) is 0 Å². The summed E-state index contributed by atoms with van der Waals surface area (Å²) in [7, 11) is 0. The molecule has 26 heavy (non-hydrogen) atoms. The molecule has 1 atom stereocenters. The van der Waals surface area contributed by atoms with E-state index < -0.39 is 24.0 Å². The number of nitrogens with zero attached hydrogens (tertiary/aromatic N) is 2. The molecule has 0 radical (unpaired) electrons. The first-order valence-corrected chi connectivity index (χ1v) is 8.01. The molecule has 0 bridgehead atoms. The number of hydrogen-bond acceptors (Lipinski definition) is 5. The van der Waals surface area contributed by atoms with Gasteiger partial charge in [0.25, 0.3) is 0 Å². The van der Waals surface area contributed by atoms with Gasteiger partial charge in [0.05, 0.1) is 6.42 Å². The van der Waals surface area contributed by atoms with E-state index in [4.69, 9.17) is 8.94 Å². The first-order chi connectivity index (χ1) is 12.2. The summed E-state index contributed by atoms with van der Waals surface area (Å²) in [5.41, 5.74) is -1.53. The van der Waals surface area contributed by atoms with Gasteiger partial charge in [0, 0.05) is 5.56 Å². The van der Waals surface area contributed by atoms with Crippen LogP contribution in [0.3, 0.4) is 0 Å². The largest absolute Gasteiger partial charge is 0.463 e. The Balaban J connectivity index is 1.90. The Hall–Kier alpha value is -2.61. The van der Waals surface area contributed by atoms with E-state index in [1.165, 1.54) is 13.0 Å². The van der Waals surface area contributed by atoms with Crippen LogP contribution in [0.15, 0.2) is 45.3 Å². The number of alkyl halides is 3. The average molecular weight is 366 g/mol. The highest BCUT2D eigenvalue weighted by atomic mass is 19.4. The van der Waals surface area contributed by atoms with Crippen LogP contribution in [0.5, 0.6) is 0 Å². The van der Waals surface area contributed by atoms with Crippen LogP contribution >= 0.6 is 0 Å². The lowest BCUT2D eigenvalue weighted by atomic mass is 9.95. The van der Waals surface area contributed by atoms with Crippen LogP contribution in [-0.4, -0.2) is 21.4 Å². The predicted octanol–water partition coefficient (Wildman–Crippen LogP) is 4.19. The molecule has 2 heterocycles. The Labute approximate surface area is 147 Å². The van der Waals surface area contributed by atoms with Crippen LogP contribution in [0.2, 0.25) is 0 Å². The normalized spacial score (nSPS) is 14.4. The molecule has 3 aromatic rings. The highest BCUT2D eigenvalue weighted by Gasteiger charge is 2.58. The van der Waals surface area contributed by atoms with Gasteiger partial charge in [0.2, 0.25) is 17.3 Å².